The molecule has 0 saturated heterocycles. The Balaban J connectivity index is 1.44. The minimum atomic E-state index is 0.795. The Kier molecular flexibility index (Phi) is 7.40. The summed E-state index contributed by atoms with van der Waals surface area (Å²) >= 11 is 0. The van der Waals surface area contributed by atoms with E-state index in [1.165, 1.54) is 82.6 Å². The second-order valence-electron chi connectivity index (χ2n) is 8.71. The molecule has 140 valence electrons. The Morgan fingerprint density at radius 1 is 0.800 bits per heavy atom. The van der Waals surface area contributed by atoms with Gasteiger partial charge in [-0.3, -0.25) is 0 Å². The van der Waals surface area contributed by atoms with Gasteiger partial charge in [-0.2, -0.15) is 0 Å². The van der Waals surface area contributed by atoms with E-state index >= 15 is 0 Å². The van der Waals surface area contributed by atoms with E-state index in [1.807, 2.05) is 0 Å². The van der Waals surface area contributed by atoms with E-state index in [0.717, 1.165) is 23.8 Å². The Bertz CT molecular complexity index is 475. The topological polar surface area (TPSA) is 12.0 Å². The van der Waals surface area contributed by atoms with Gasteiger partial charge in [0, 0.05) is 6.04 Å². The van der Waals surface area contributed by atoms with Gasteiger partial charge in [0.2, 0.25) is 0 Å². The molecule has 0 aromatic heterocycles. The van der Waals surface area contributed by atoms with Crippen LogP contribution < -0.4 is 5.32 Å². The molecule has 1 aromatic rings. The molecule has 0 amide bonds. The lowest BCUT2D eigenvalue weighted by Gasteiger charge is -2.38. The summed E-state index contributed by atoms with van der Waals surface area (Å²) in [7, 11) is 2.13. The van der Waals surface area contributed by atoms with E-state index in [1.54, 1.807) is 5.56 Å². The SMILES string of the molecule is CCCCCc1ccc(C2CCC(C3CCC(NC)CC3)CC2)cc1. The van der Waals surface area contributed by atoms with Gasteiger partial charge in [0.15, 0.2) is 0 Å². The van der Waals surface area contributed by atoms with Crippen LogP contribution in [0.3, 0.4) is 0 Å². The first kappa shape index (κ1) is 19.0. The average Bonchev–Trinajstić information content (AvgIpc) is 2.69. The van der Waals surface area contributed by atoms with Gasteiger partial charge in [-0.1, -0.05) is 44.0 Å². The molecule has 0 aliphatic heterocycles. The number of hydrogen-bond acceptors (Lipinski definition) is 1. The lowest BCUT2D eigenvalue weighted by Crippen LogP contribution is -2.33. The fourth-order valence-corrected chi connectivity index (χ4v) is 5.34. The van der Waals surface area contributed by atoms with Crippen molar-refractivity contribution in [1.82, 2.24) is 5.32 Å². The molecule has 1 nitrogen and oxygen atoms in total. The monoisotopic (exact) mass is 341 g/mol. The zero-order chi connectivity index (χ0) is 17.5. The van der Waals surface area contributed by atoms with E-state index in [-0.39, 0.29) is 0 Å². The van der Waals surface area contributed by atoms with Gasteiger partial charge >= 0.3 is 0 Å². The van der Waals surface area contributed by atoms with Crippen molar-refractivity contribution < 1.29 is 0 Å². The number of hydrogen-bond donors (Lipinski definition) is 1. The van der Waals surface area contributed by atoms with Crippen LogP contribution in [0.2, 0.25) is 0 Å². The predicted octanol–water partition coefficient (Wildman–Crippen LogP) is 6.47. The highest BCUT2D eigenvalue weighted by Gasteiger charge is 2.30. The molecule has 2 fully saturated rings. The van der Waals surface area contributed by atoms with Gasteiger partial charge in [-0.15, -0.1) is 0 Å². The lowest BCUT2D eigenvalue weighted by atomic mass is 9.69. The first-order chi connectivity index (χ1) is 12.3. The van der Waals surface area contributed by atoms with Crippen molar-refractivity contribution in [1.29, 1.82) is 0 Å². The van der Waals surface area contributed by atoms with Crippen molar-refractivity contribution in [2.75, 3.05) is 7.05 Å². The van der Waals surface area contributed by atoms with Crippen LogP contribution in [-0.4, -0.2) is 13.1 Å². The molecule has 2 aliphatic rings. The maximum absolute atomic E-state index is 3.48. The van der Waals surface area contributed by atoms with Gasteiger partial charge < -0.3 is 5.32 Å². The molecule has 2 saturated carbocycles. The smallest absolute Gasteiger partial charge is 0.00642 e. The van der Waals surface area contributed by atoms with Crippen LogP contribution in [0.25, 0.3) is 0 Å². The van der Waals surface area contributed by atoms with Crippen LogP contribution in [0.5, 0.6) is 0 Å². The standard InChI is InChI=1S/C24H39N/c1-3-4-5-6-19-7-9-20(10-8-19)21-11-13-22(14-12-21)23-15-17-24(25-2)18-16-23/h7-10,21-25H,3-6,11-18H2,1-2H3. The second-order valence-corrected chi connectivity index (χ2v) is 8.71. The lowest BCUT2D eigenvalue weighted by molar-refractivity contribution is 0.171. The highest BCUT2D eigenvalue weighted by Crippen LogP contribution is 2.42. The molecular weight excluding hydrogens is 302 g/mol. The van der Waals surface area contributed by atoms with Crippen molar-refractivity contribution in [3.8, 4) is 0 Å². The fraction of sp³-hybridized carbons (Fsp3) is 0.750. The number of benzene rings is 1. The van der Waals surface area contributed by atoms with Gasteiger partial charge in [0.1, 0.15) is 0 Å². The maximum atomic E-state index is 3.48. The van der Waals surface area contributed by atoms with Gasteiger partial charge in [-0.25, -0.2) is 0 Å². The summed E-state index contributed by atoms with van der Waals surface area (Å²) in [6, 6.07) is 10.5. The van der Waals surface area contributed by atoms with Crippen LogP contribution >= 0.6 is 0 Å². The van der Waals surface area contributed by atoms with Gasteiger partial charge in [0.05, 0.1) is 0 Å². The first-order valence-corrected chi connectivity index (χ1v) is 11.1. The van der Waals surface area contributed by atoms with Crippen LogP contribution in [0.1, 0.15) is 94.6 Å². The summed E-state index contributed by atoms with van der Waals surface area (Å²) in [5.74, 6) is 2.86. The highest BCUT2D eigenvalue weighted by molar-refractivity contribution is 5.26. The fourth-order valence-electron chi connectivity index (χ4n) is 5.34. The van der Waals surface area contributed by atoms with Crippen molar-refractivity contribution in [3.63, 3.8) is 0 Å². The second kappa shape index (κ2) is 9.76. The van der Waals surface area contributed by atoms with Crippen LogP contribution in [0.15, 0.2) is 24.3 Å². The molecule has 0 spiro atoms. The van der Waals surface area contributed by atoms with E-state index in [2.05, 4.69) is 43.6 Å². The van der Waals surface area contributed by atoms with E-state index in [4.69, 9.17) is 0 Å². The number of nitrogens with one attached hydrogen (secondary N) is 1. The maximum Gasteiger partial charge on any atom is 0.00642 e. The van der Waals surface area contributed by atoms with Crippen LogP contribution in [0.4, 0.5) is 0 Å². The average molecular weight is 342 g/mol. The normalized spacial score (nSPS) is 30.3. The van der Waals surface area contributed by atoms with Crippen LogP contribution in [0, 0.1) is 11.8 Å². The molecule has 0 unspecified atom stereocenters. The third-order valence-electron chi connectivity index (χ3n) is 7.14. The van der Waals surface area contributed by atoms with Gasteiger partial charge in [0.25, 0.3) is 0 Å². The Labute approximate surface area is 156 Å². The Morgan fingerprint density at radius 2 is 1.40 bits per heavy atom. The zero-order valence-corrected chi connectivity index (χ0v) is 16.6. The molecule has 25 heavy (non-hydrogen) atoms. The third kappa shape index (κ3) is 5.33. The minimum Gasteiger partial charge on any atom is -0.317 e. The van der Waals surface area contributed by atoms with E-state index < -0.39 is 0 Å². The summed E-state index contributed by atoms with van der Waals surface area (Å²) in [6.45, 7) is 2.28. The molecule has 1 N–H and O–H groups in total. The molecule has 0 bridgehead atoms. The quantitative estimate of drug-likeness (QED) is 0.560. The van der Waals surface area contributed by atoms with E-state index in [9.17, 15) is 0 Å². The number of rotatable bonds is 7. The Hall–Kier alpha value is -0.820. The summed E-state index contributed by atoms with van der Waals surface area (Å²) in [4.78, 5) is 0. The largest absolute Gasteiger partial charge is 0.317 e. The third-order valence-corrected chi connectivity index (χ3v) is 7.14. The van der Waals surface area contributed by atoms with Crippen molar-refractivity contribution in [2.24, 2.45) is 11.8 Å². The summed E-state index contributed by atoms with van der Waals surface area (Å²) in [5, 5.41) is 3.48. The first-order valence-electron chi connectivity index (χ1n) is 11.1. The molecule has 0 heterocycles. The zero-order valence-electron chi connectivity index (χ0n) is 16.6. The van der Waals surface area contributed by atoms with Crippen molar-refractivity contribution >= 4 is 0 Å². The number of unbranched alkanes of at least 4 members (excludes halogenated alkanes) is 2. The summed E-state index contributed by atoms with van der Waals surface area (Å²) < 4.78 is 0. The number of aryl methyl sites for hydroxylation is 1. The predicted molar refractivity (Wildman–Crippen MR) is 109 cm³/mol. The molecule has 1 heteroatoms. The van der Waals surface area contributed by atoms with Crippen LogP contribution in [-0.2, 0) is 6.42 Å². The molecule has 2 aliphatic carbocycles. The van der Waals surface area contributed by atoms with Gasteiger partial charge in [-0.05, 0) is 100 Å². The Morgan fingerprint density at radius 3 is 1.96 bits per heavy atom. The molecule has 3 rings (SSSR count). The van der Waals surface area contributed by atoms with Crippen molar-refractivity contribution in [2.45, 2.75) is 95.9 Å². The van der Waals surface area contributed by atoms with E-state index in [0.29, 0.717) is 0 Å². The minimum absolute atomic E-state index is 0.795. The summed E-state index contributed by atoms with van der Waals surface area (Å²) in [6.07, 6.45) is 16.8. The van der Waals surface area contributed by atoms with Crippen molar-refractivity contribution in [3.05, 3.63) is 35.4 Å². The molecular formula is C24H39N. The highest BCUT2D eigenvalue weighted by atomic mass is 14.9. The molecule has 0 radical (unpaired) electrons. The summed E-state index contributed by atoms with van der Waals surface area (Å²) in [5.41, 5.74) is 3.14. The molecule has 1 aromatic carbocycles. The molecule has 0 atom stereocenters.